The number of amides is 1. The van der Waals surface area contributed by atoms with Crippen molar-refractivity contribution in [1.82, 2.24) is 4.57 Å². The molecule has 2 aromatic rings. The van der Waals surface area contributed by atoms with E-state index in [0.717, 1.165) is 0 Å². The molecule has 96 valence electrons. The van der Waals surface area contributed by atoms with Crippen molar-refractivity contribution in [2.24, 2.45) is 0 Å². The van der Waals surface area contributed by atoms with Crippen LogP contribution in [-0.4, -0.2) is 10.5 Å². The number of nitrogens with zero attached hydrogens (tertiary/aromatic N) is 2. The fourth-order valence-electron chi connectivity index (χ4n) is 1.85. The first-order valence-corrected chi connectivity index (χ1v) is 5.91. The second-order valence-electron chi connectivity index (χ2n) is 4.09. The van der Waals surface area contributed by atoms with Crippen LogP contribution in [0.15, 0.2) is 36.5 Å². The van der Waals surface area contributed by atoms with Gasteiger partial charge in [0.25, 0.3) is 5.91 Å². The van der Waals surface area contributed by atoms with Crippen molar-refractivity contribution in [3.8, 4) is 6.07 Å². The number of nitriles is 1. The summed E-state index contributed by atoms with van der Waals surface area (Å²) in [5, 5.41) is 11.6. The average Bonchev–Trinajstić information content (AvgIpc) is 2.80. The third-order valence-corrected chi connectivity index (χ3v) is 2.74. The van der Waals surface area contributed by atoms with Crippen molar-refractivity contribution in [1.29, 1.82) is 5.26 Å². The molecule has 0 aliphatic heterocycles. The lowest BCUT2D eigenvalue weighted by Gasteiger charge is -2.07. The highest BCUT2D eigenvalue weighted by Crippen LogP contribution is 2.15. The molecule has 0 bridgehead atoms. The van der Waals surface area contributed by atoms with Crippen molar-refractivity contribution < 1.29 is 4.79 Å². The van der Waals surface area contributed by atoms with E-state index in [1.165, 1.54) is 0 Å². The maximum absolute atomic E-state index is 12.1. The summed E-state index contributed by atoms with van der Waals surface area (Å²) >= 11 is 0. The molecule has 0 aliphatic rings. The minimum absolute atomic E-state index is 0.242. The van der Waals surface area contributed by atoms with E-state index in [1.54, 1.807) is 41.1 Å². The van der Waals surface area contributed by atoms with Crippen LogP contribution in [0.5, 0.6) is 0 Å². The van der Waals surface area contributed by atoms with Gasteiger partial charge in [-0.05, 0) is 31.2 Å². The van der Waals surface area contributed by atoms with Crippen LogP contribution in [0.25, 0.3) is 0 Å². The molecule has 0 spiro atoms. The van der Waals surface area contributed by atoms with E-state index in [2.05, 4.69) is 5.32 Å². The zero-order valence-corrected chi connectivity index (χ0v) is 10.6. The minimum Gasteiger partial charge on any atom is -0.397 e. The van der Waals surface area contributed by atoms with E-state index in [0.29, 0.717) is 29.2 Å². The molecule has 0 saturated carbocycles. The van der Waals surface area contributed by atoms with E-state index < -0.39 is 0 Å². The van der Waals surface area contributed by atoms with Crippen LogP contribution in [0, 0.1) is 11.3 Å². The normalized spacial score (nSPS) is 9.89. The number of nitrogens with two attached hydrogens (primary N) is 1. The Morgan fingerprint density at radius 2 is 2.26 bits per heavy atom. The zero-order valence-electron chi connectivity index (χ0n) is 10.6. The maximum atomic E-state index is 12.1. The van der Waals surface area contributed by atoms with Crippen molar-refractivity contribution in [2.45, 2.75) is 13.5 Å². The van der Waals surface area contributed by atoms with Crippen molar-refractivity contribution in [3.05, 3.63) is 47.8 Å². The van der Waals surface area contributed by atoms with Crippen LogP contribution in [0.3, 0.4) is 0 Å². The average molecular weight is 254 g/mol. The Balaban J connectivity index is 2.23. The van der Waals surface area contributed by atoms with Crippen LogP contribution in [0.4, 0.5) is 11.4 Å². The van der Waals surface area contributed by atoms with Gasteiger partial charge in [-0.15, -0.1) is 0 Å². The third-order valence-electron chi connectivity index (χ3n) is 2.74. The van der Waals surface area contributed by atoms with Gasteiger partial charge in [-0.3, -0.25) is 4.79 Å². The van der Waals surface area contributed by atoms with Gasteiger partial charge in [0.1, 0.15) is 5.69 Å². The van der Waals surface area contributed by atoms with Gasteiger partial charge >= 0.3 is 0 Å². The molecule has 0 aliphatic carbocycles. The number of rotatable bonds is 3. The standard InChI is InChI=1S/C14H14N4O/c1-2-18-9-11(16)7-13(18)14(19)17-12-5-3-4-10(6-12)8-15/h3-7,9H,2,16H2,1H3,(H,17,19). The number of hydrogen-bond acceptors (Lipinski definition) is 3. The van der Waals surface area contributed by atoms with Gasteiger partial charge < -0.3 is 15.6 Å². The number of nitrogen functional groups attached to an aromatic ring is 1. The number of hydrogen-bond donors (Lipinski definition) is 2. The third kappa shape index (κ3) is 2.75. The van der Waals surface area contributed by atoms with E-state index >= 15 is 0 Å². The second kappa shape index (κ2) is 5.27. The van der Waals surface area contributed by atoms with E-state index in [4.69, 9.17) is 11.0 Å². The maximum Gasteiger partial charge on any atom is 0.272 e. The highest BCUT2D eigenvalue weighted by Gasteiger charge is 2.12. The molecular weight excluding hydrogens is 240 g/mol. The summed E-state index contributed by atoms with van der Waals surface area (Å²) in [6, 6.07) is 10.4. The summed E-state index contributed by atoms with van der Waals surface area (Å²) in [7, 11) is 0. The summed E-state index contributed by atoms with van der Waals surface area (Å²) in [6.07, 6.45) is 1.72. The smallest absolute Gasteiger partial charge is 0.272 e. The molecule has 1 amide bonds. The molecular formula is C14H14N4O. The fraction of sp³-hybridized carbons (Fsp3) is 0.143. The zero-order chi connectivity index (χ0) is 13.8. The molecule has 0 fully saturated rings. The summed E-state index contributed by atoms with van der Waals surface area (Å²) < 4.78 is 1.78. The lowest BCUT2D eigenvalue weighted by molar-refractivity contribution is 0.101. The van der Waals surface area contributed by atoms with Gasteiger partial charge in [0.2, 0.25) is 0 Å². The monoisotopic (exact) mass is 254 g/mol. The molecule has 5 heteroatoms. The Morgan fingerprint density at radius 3 is 2.95 bits per heavy atom. The predicted octanol–water partition coefficient (Wildman–Crippen LogP) is 2.21. The number of aryl methyl sites for hydroxylation is 1. The van der Waals surface area contributed by atoms with Crippen LogP contribution >= 0.6 is 0 Å². The number of carbonyl (C=O) groups is 1. The largest absolute Gasteiger partial charge is 0.397 e. The summed E-state index contributed by atoms with van der Waals surface area (Å²) in [5.41, 5.74) is 7.84. The van der Waals surface area contributed by atoms with Gasteiger partial charge in [-0.2, -0.15) is 5.26 Å². The van der Waals surface area contributed by atoms with E-state index in [-0.39, 0.29) is 5.91 Å². The molecule has 1 heterocycles. The molecule has 5 nitrogen and oxygen atoms in total. The Labute approximate surface area is 111 Å². The SMILES string of the molecule is CCn1cc(N)cc1C(=O)Nc1cccc(C#N)c1. The summed E-state index contributed by atoms with van der Waals surface area (Å²) in [6.45, 7) is 2.60. The predicted molar refractivity (Wildman–Crippen MR) is 73.6 cm³/mol. The van der Waals surface area contributed by atoms with E-state index in [1.807, 2.05) is 13.0 Å². The highest BCUT2D eigenvalue weighted by atomic mass is 16.1. The molecule has 0 radical (unpaired) electrons. The molecule has 2 rings (SSSR count). The van der Waals surface area contributed by atoms with Gasteiger partial charge in [0.05, 0.1) is 17.3 Å². The Morgan fingerprint density at radius 1 is 1.47 bits per heavy atom. The lowest BCUT2D eigenvalue weighted by atomic mass is 10.2. The number of nitrogens with one attached hydrogen (secondary N) is 1. The summed E-state index contributed by atoms with van der Waals surface area (Å²) in [5.74, 6) is -0.242. The Hall–Kier alpha value is -2.74. The number of aromatic nitrogens is 1. The quantitative estimate of drug-likeness (QED) is 0.880. The first-order valence-electron chi connectivity index (χ1n) is 5.91. The Bertz CT molecular complexity index is 652. The lowest BCUT2D eigenvalue weighted by Crippen LogP contribution is -2.16. The van der Waals surface area contributed by atoms with Crippen LogP contribution < -0.4 is 11.1 Å². The first kappa shape index (κ1) is 12.7. The molecule has 3 N–H and O–H groups in total. The fourth-order valence-corrected chi connectivity index (χ4v) is 1.85. The van der Waals surface area contributed by atoms with Crippen LogP contribution in [0.1, 0.15) is 23.0 Å². The summed E-state index contributed by atoms with van der Waals surface area (Å²) in [4.78, 5) is 12.1. The van der Waals surface area contributed by atoms with E-state index in [9.17, 15) is 4.79 Å². The van der Waals surface area contributed by atoms with Gasteiger partial charge in [-0.1, -0.05) is 6.07 Å². The van der Waals surface area contributed by atoms with Crippen LogP contribution in [-0.2, 0) is 6.54 Å². The first-order chi connectivity index (χ1) is 9.13. The highest BCUT2D eigenvalue weighted by molar-refractivity contribution is 6.03. The second-order valence-corrected chi connectivity index (χ2v) is 4.09. The van der Waals surface area contributed by atoms with Crippen molar-refractivity contribution in [2.75, 3.05) is 11.1 Å². The molecule has 1 aromatic heterocycles. The molecule has 0 unspecified atom stereocenters. The molecule has 0 atom stereocenters. The van der Waals surface area contributed by atoms with Crippen molar-refractivity contribution in [3.63, 3.8) is 0 Å². The number of benzene rings is 1. The number of anilines is 2. The van der Waals surface area contributed by atoms with Gasteiger partial charge in [0.15, 0.2) is 0 Å². The van der Waals surface area contributed by atoms with Gasteiger partial charge in [-0.25, -0.2) is 0 Å². The molecule has 19 heavy (non-hydrogen) atoms. The molecule has 0 saturated heterocycles. The molecule has 1 aromatic carbocycles. The number of carbonyl (C=O) groups excluding carboxylic acids is 1. The minimum atomic E-state index is -0.242. The van der Waals surface area contributed by atoms with Gasteiger partial charge in [0, 0.05) is 18.4 Å². The van der Waals surface area contributed by atoms with Crippen molar-refractivity contribution >= 4 is 17.3 Å². The van der Waals surface area contributed by atoms with Crippen LogP contribution in [0.2, 0.25) is 0 Å². The Kier molecular flexibility index (Phi) is 3.53. The topological polar surface area (TPSA) is 83.8 Å².